The van der Waals surface area contributed by atoms with E-state index < -0.39 is 0 Å². The summed E-state index contributed by atoms with van der Waals surface area (Å²) in [4.78, 5) is 22.3. The van der Waals surface area contributed by atoms with Crippen LogP contribution < -0.4 is 0 Å². The first-order valence-corrected chi connectivity index (χ1v) is 5.56. The Kier molecular flexibility index (Phi) is 2.95. The zero-order chi connectivity index (χ0) is 11.5. The van der Waals surface area contributed by atoms with Crippen LogP contribution in [0.2, 0.25) is 0 Å². The summed E-state index contributed by atoms with van der Waals surface area (Å²) in [5, 5.41) is 6.45. The molecule has 1 N–H and O–H groups in total. The number of amides is 1. The van der Waals surface area contributed by atoms with Crippen molar-refractivity contribution in [3.05, 3.63) is 28.2 Å². The molecule has 16 heavy (non-hydrogen) atoms. The Balaban J connectivity index is 2.08. The highest BCUT2D eigenvalue weighted by Crippen LogP contribution is 2.14. The first kappa shape index (κ1) is 10.7. The maximum Gasteiger partial charge on any atom is 0.265 e. The molecule has 0 saturated carbocycles. The molecule has 0 aliphatic rings. The highest BCUT2D eigenvalue weighted by molar-refractivity contribution is 7.11. The molecule has 0 atom stereocenters. The summed E-state index contributed by atoms with van der Waals surface area (Å²) < 4.78 is 0. The number of carbonyl (C=O) groups excluding carboxylic acids is 1. The van der Waals surface area contributed by atoms with Crippen molar-refractivity contribution in [1.29, 1.82) is 0 Å². The van der Waals surface area contributed by atoms with Gasteiger partial charge >= 0.3 is 0 Å². The lowest BCUT2D eigenvalue weighted by Gasteiger charge is -2.14. The largest absolute Gasteiger partial charge is 0.333 e. The molecule has 84 valence electrons. The molecule has 0 unspecified atom stereocenters. The molecule has 1 amide bonds. The summed E-state index contributed by atoms with van der Waals surface area (Å²) in [5.41, 5.74) is 2.43. The second kappa shape index (κ2) is 4.40. The fourth-order valence-corrected chi connectivity index (χ4v) is 2.08. The molecule has 2 aromatic rings. The molecule has 2 aromatic heterocycles. The Labute approximate surface area is 96.3 Å². The third kappa shape index (κ3) is 2.08. The van der Waals surface area contributed by atoms with Crippen LogP contribution in [-0.2, 0) is 6.54 Å². The monoisotopic (exact) mass is 237 g/mol. The average Bonchev–Trinajstić information content (AvgIpc) is 2.88. The number of H-pyrrole nitrogens is 1. The number of nitrogens with zero attached hydrogens (tertiary/aromatic N) is 4. The lowest BCUT2D eigenvalue weighted by Crippen LogP contribution is -2.26. The molecular formula is C9H11N5OS. The van der Waals surface area contributed by atoms with Gasteiger partial charge in [-0.25, -0.2) is 9.97 Å². The van der Waals surface area contributed by atoms with Crippen molar-refractivity contribution >= 4 is 17.2 Å². The summed E-state index contributed by atoms with van der Waals surface area (Å²) in [5.74, 6) is 0.620. The third-order valence-electron chi connectivity index (χ3n) is 2.14. The first-order chi connectivity index (χ1) is 7.68. The van der Waals surface area contributed by atoms with Gasteiger partial charge in [-0.1, -0.05) is 0 Å². The second-order valence-electron chi connectivity index (χ2n) is 3.36. The van der Waals surface area contributed by atoms with Crippen LogP contribution in [-0.4, -0.2) is 38.0 Å². The molecular weight excluding hydrogens is 226 g/mol. The minimum Gasteiger partial charge on any atom is -0.333 e. The highest BCUT2D eigenvalue weighted by atomic mass is 32.1. The number of aromatic amines is 1. The lowest BCUT2D eigenvalue weighted by atomic mass is 10.3. The second-order valence-corrected chi connectivity index (χ2v) is 4.22. The molecule has 0 saturated heterocycles. The third-order valence-corrected chi connectivity index (χ3v) is 3.05. The number of aromatic nitrogens is 4. The van der Waals surface area contributed by atoms with Crippen LogP contribution in [0.15, 0.2) is 11.8 Å². The topological polar surface area (TPSA) is 74.8 Å². The van der Waals surface area contributed by atoms with Crippen molar-refractivity contribution in [2.75, 3.05) is 7.05 Å². The summed E-state index contributed by atoms with van der Waals surface area (Å²) in [6.07, 6.45) is 1.42. The Bertz CT molecular complexity index is 478. The fourth-order valence-electron chi connectivity index (χ4n) is 1.28. The van der Waals surface area contributed by atoms with Crippen LogP contribution in [0, 0.1) is 6.92 Å². The highest BCUT2D eigenvalue weighted by Gasteiger charge is 2.17. The number of aryl methyl sites for hydroxylation is 1. The smallest absolute Gasteiger partial charge is 0.265 e. The summed E-state index contributed by atoms with van der Waals surface area (Å²) >= 11 is 1.35. The number of hydrogen-bond acceptors (Lipinski definition) is 5. The van der Waals surface area contributed by atoms with E-state index in [-0.39, 0.29) is 5.91 Å². The van der Waals surface area contributed by atoms with E-state index in [1.165, 1.54) is 17.7 Å². The van der Waals surface area contributed by atoms with Crippen molar-refractivity contribution in [3.63, 3.8) is 0 Å². The SMILES string of the molecule is Cc1ncsc1C(=O)N(C)Cc1ncn[nH]1. The number of nitrogens with one attached hydrogen (secondary N) is 1. The molecule has 6 nitrogen and oxygen atoms in total. The lowest BCUT2D eigenvalue weighted by molar-refractivity contribution is 0.0785. The summed E-state index contributed by atoms with van der Waals surface area (Å²) in [7, 11) is 1.73. The van der Waals surface area contributed by atoms with Crippen molar-refractivity contribution < 1.29 is 4.79 Å². The van der Waals surface area contributed by atoms with Crippen molar-refractivity contribution in [1.82, 2.24) is 25.1 Å². The molecule has 2 heterocycles. The van der Waals surface area contributed by atoms with E-state index in [0.29, 0.717) is 17.2 Å². The molecule has 2 rings (SSSR count). The number of thiazole rings is 1. The Morgan fingerprint density at radius 3 is 2.94 bits per heavy atom. The van der Waals surface area contributed by atoms with Gasteiger partial charge in [0.2, 0.25) is 0 Å². The molecule has 0 aliphatic carbocycles. The maximum absolute atomic E-state index is 12.0. The number of rotatable bonds is 3. The standard InChI is InChI=1S/C9H11N5OS/c1-6-8(16-5-11-6)9(15)14(2)3-7-10-4-12-13-7/h4-5H,3H2,1-2H3,(H,10,12,13). The molecule has 0 fully saturated rings. The average molecular weight is 237 g/mol. The predicted molar refractivity (Wildman–Crippen MR) is 59.0 cm³/mol. The maximum atomic E-state index is 12.0. The van der Waals surface area contributed by atoms with E-state index in [2.05, 4.69) is 20.2 Å². The van der Waals surface area contributed by atoms with Gasteiger partial charge in [0.05, 0.1) is 17.7 Å². The Morgan fingerprint density at radius 1 is 1.56 bits per heavy atom. The minimum absolute atomic E-state index is 0.0450. The van der Waals surface area contributed by atoms with Gasteiger partial charge in [-0.3, -0.25) is 9.89 Å². The molecule has 0 bridgehead atoms. The van der Waals surface area contributed by atoms with Crippen LogP contribution >= 0.6 is 11.3 Å². The van der Waals surface area contributed by atoms with Crippen LogP contribution in [0.1, 0.15) is 21.2 Å². The van der Waals surface area contributed by atoms with E-state index in [9.17, 15) is 4.79 Å². The molecule has 0 aliphatic heterocycles. The molecule has 0 radical (unpaired) electrons. The first-order valence-electron chi connectivity index (χ1n) is 4.68. The molecule has 7 heteroatoms. The van der Waals surface area contributed by atoms with Gasteiger partial charge in [0.15, 0.2) is 0 Å². The number of hydrogen-bond donors (Lipinski definition) is 1. The van der Waals surface area contributed by atoms with Gasteiger partial charge < -0.3 is 4.90 Å². The van der Waals surface area contributed by atoms with E-state index in [1.807, 2.05) is 6.92 Å². The van der Waals surface area contributed by atoms with Crippen molar-refractivity contribution in [3.8, 4) is 0 Å². The summed E-state index contributed by atoms with van der Waals surface area (Å²) in [6, 6.07) is 0. The predicted octanol–water partition coefficient (Wildman–Crippen LogP) is 0.842. The van der Waals surface area contributed by atoms with Gasteiger partial charge in [0, 0.05) is 7.05 Å². The van der Waals surface area contributed by atoms with Crippen LogP contribution in [0.25, 0.3) is 0 Å². The quantitative estimate of drug-likeness (QED) is 0.858. The van der Waals surface area contributed by atoms with Crippen LogP contribution in [0.3, 0.4) is 0 Å². The molecule has 0 spiro atoms. The van der Waals surface area contributed by atoms with E-state index in [1.54, 1.807) is 17.5 Å². The molecule has 0 aromatic carbocycles. The zero-order valence-corrected chi connectivity index (χ0v) is 9.78. The zero-order valence-electron chi connectivity index (χ0n) is 8.97. The summed E-state index contributed by atoms with van der Waals surface area (Å²) in [6.45, 7) is 2.24. The van der Waals surface area contributed by atoms with Crippen molar-refractivity contribution in [2.45, 2.75) is 13.5 Å². The minimum atomic E-state index is -0.0450. The van der Waals surface area contributed by atoms with E-state index in [0.717, 1.165) is 5.69 Å². The van der Waals surface area contributed by atoms with Gasteiger partial charge in [-0.05, 0) is 6.92 Å². The van der Waals surface area contributed by atoms with Gasteiger partial charge in [-0.15, -0.1) is 11.3 Å². The van der Waals surface area contributed by atoms with Crippen LogP contribution in [0.5, 0.6) is 0 Å². The normalized spacial score (nSPS) is 10.4. The number of carbonyl (C=O) groups is 1. The van der Waals surface area contributed by atoms with Gasteiger partial charge in [0.25, 0.3) is 5.91 Å². The van der Waals surface area contributed by atoms with Gasteiger partial charge in [0.1, 0.15) is 17.0 Å². The van der Waals surface area contributed by atoms with E-state index in [4.69, 9.17) is 0 Å². The van der Waals surface area contributed by atoms with E-state index >= 15 is 0 Å². The van der Waals surface area contributed by atoms with Gasteiger partial charge in [-0.2, -0.15) is 5.10 Å². The van der Waals surface area contributed by atoms with Crippen molar-refractivity contribution in [2.24, 2.45) is 0 Å². The Hall–Kier alpha value is -1.76. The van der Waals surface area contributed by atoms with Crippen LogP contribution in [0.4, 0.5) is 0 Å². The Morgan fingerprint density at radius 2 is 2.38 bits per heavy atom. The fraction of sp³-hybridized carbons (Fsp3) is 0.333.